The molecule has 3 aromatic heterocycles. The molecule has 2 saturated heterocycles. The maximum atomic E-state index is 14.5. The van der Waals surface area contributed by atoms with Gasteiger partial charge in [-0.2, -0.15) is 0 Å². The third kappa shape index (κ3) is 10.5. The van der Waals surface area contributed by atoms with Gasteiger partial charge in [-0.3, -0.25) is 34.1 Å². The number of oxazole rings is 1. The van der Waals surface area contributed by atoms with Crippen LogP contribution in [0.1, 0.15) is 98.0 Å². The van der Waals surface area contributed by atoms with Crippen LogP contribution < -0.4 is 10.7 Å². The van der Waals surface area contributed by atoms with E-state index in [2.05, 4.69) is 80.0 Å². The Morgan fingerprint density at radius 2 is 1.88 bits per heavy atom. The van der Waals surface area contributed by atoms with Crippen LogP contribution in [0.4, 0.5) is 0 Å². The lowest BCUT2D eigenvalue weighted by molar-refractivity contribution is -0.155. The van der Waals surface area contributed by atoms with Crippen molar-refractivity contribution < 1.29 is 33.1 Å². The van der Waals surface area contributed by atoms with Crippen LogP contribution in [0.5, 0.6) is 0 Å². The average Bonchev–Trinajstić information content (AvgIpc) is 3.86. The van der Waals surface area contributed by atoms with Crippen molar-refractivity contribution in [2.45, 2.75) is 124 Å². The molecular formula is C51H68N8O7. The van der Waals surface area contributed by atoms with Crippen molar-refractivity contribution in [2.24, 2.45) is 17.3 Å². The highest BCUT2D eigenvalue weighted by molar-refractivity contribution is 5.95. The summed E-state index contributed by atoms with van der Waals surface area (Å²) in [5, 5.41) is 5.51. The molecule has 3 amide bonds. The molecule has 4 aromatic rings. The van der Waals surface area contributed by atoms with Crippen molar-refractivity contribution >= 4 is 34.6 Å². The van der Waals surface area contributed by atoms with E-state index in [0.717, 1.165) is 45.5 Å². The number of hydrogen-bond donors (Lipinski definition) is 2. The largest absolute Gasteiger partial charge is 0.464 e. The Kier molecular flexibility index (Phi) is 14.5. The normalized spacial score (nSPS) is 19.9. The Morgan fingerprint density at radius 3 is 2.58 bits per heavy atom. The summed E-state index contributed by atoms with van der Waals surface area (Å²) in [5.74, 6) is 4.19. The summed E-state index contributed by atoms with van der Waals surface area (Å²) in [4.78, 5) is 68.7. The molecule has 2 fully saturated rings. The molecule has 0 spiro atoms. The van der Waals surface area contributed by atoms with Gasteiger partial charge in [-0.15, -0.1) is 0 Å². The zero-order valence-electron chi connectivity index (χ0n) is 40.6. The van der Waals surface area contributed by atoms with Crippen molar-refractivity contribution in [1.29, 1.82) is 0 Å². The predicted octanol–water partition coefficient (Wildman–Crippen LogP) is 5.99. The number of benzene rings is 1. The van der Waals surface area contributed by atoms with E-state index in [1.165, 1.54) is 5.01 Å². The van der Waals surface area contributed by atoms with E-state index in [0.29, 0.717) is 50.5 Å². The Morgan fingerprint density at radius 1 is 1.12 bits per heavy atom. The number of cyclic esters (lactones) is 1. The summed E-state index contributed by atoms with van der Waals surface area (Å²) in [6, 6.07) is 8.53. The molecule has 0 unspecified atom stereocenters. The van der Waals surface area contributed by atoms with Crippen LogP contribution in [0.25, 0.3) is 33.6 Å². The van der Waals surface area contributed by atoms with Gasteiger partial charge in [0.15, 0.2) is 0 Å². The van der Waals surface area contributed by atoms with Crippen LogP contribution in [-0.4, -0.2) is 124 Å². The van der Waals surface area contributed by atoms with Gasteiger partial charge in [-0.05, 0) is 108 Å². The van der Waals surface area contributed by atoms with Gasteiger partial charge in [0, 0.05) is 66.2 Å². The van der Waals surface area contributed by atoms with E-state index >= 15 is 0 Å². The molecule has 0 radical (unpaired) electrons. The molecule has 3 aliphatic rings. The van der Waals surface area contributed by atoms with E-state index in [1.54, 1.807) is 11.2 Å². The van der Waals surface area contributed by atoms with Crippen LogP contribution in [0.15, 0.2) is 47.2 Å². The van der Waals surface area contributed by atoms with Crippen LogP contribution in [0, 0.1) is 29.1 Å². The van der Waals surface area contributed by atoms with Crippen molar-refractivity contribution in [3.8, 4) is 34.6 Å². The number of hydrazine groups is 1. The highest BCUT2D eigenvalue weighted by Gasteiger charge is 2.38. The van der Waals surface area contributed by atoms with E-state index in [9.17, 15) is 19.2 Å². The molecule has 0 aliphatic carbocycles. The number of aryl methyl sites for hydroxylation is 1. The second-order valence-electron chi connectivity index (χ2n) is 20.3. The summed E-state index contributed by atoms with van der Waals surface area (Å²) < 4.78 is 20.8. The Bertz CT molecular complexity index is 2500. The molecular weight excluding hydrogens is 837 g/mol. The fourth-order valence-corrected chi connectivity index (χ4v) is 8.79. The van der Waals surface area contributed by atoms with E-state index < -0.39 is 40.8 Å². The minimum Gasteiger partial charge on any atom is -0.464 e. The summed E-state index contributed by atoms with van der Waals surface area (Å²) in [6.07, 6.45) is 4.82. The number of carbonyl (C=O) groups is 4. The highest BCUT2D eigenvalue weighted by atomic mass is 16.5. The van der Waals surface area contributed by atoms with Crippen molar-refractivity contribution in [3.63, 3.8) is 0 Å². The van der Waals surface area contributed by atoms with Crippen LogP contribution in [0.3, 0.4) is 0 Å². The first-order chi connectivity index (χ1) is 31.3. The molecule has 15 heteroatoms. The van der Waals surface area contributed by atoms with Gasteiger partial charge in [0.05, 0.1) is 47.9 Å². The number of aromatic nitrogens is 3. The number of likely N-dealkylation sites (tertiary alicyclic amines) is 1. The Balaban J connectivity index is 1.18. The van der Waals surface area contributed by atoms with Gasteiger partial charge in [0.2, 0.25) is 11.8 Å². The Hall–Kier alpha value is -5.56. The lowest BCUT2D eigenvalue weighted by Gasteiger charge is -2.38. The van der Waals surface area contributed by atoms with Crippen LogP contribution >= 0.6 is 0 Å². The number of nitrogens with zero attached hydrogens (tertiary/aromatic N) is 6. The smallest absolute Gasteiger partial charge is 0.324 e. The van der Waals surface area contributed by atoms with Crippen LogP contribution in [-0.2, 0) is 48.0 Å². The number of hydrogen-bond acceptors (Lipinski definition) is 11. The Labute approximate surface area is 389 Å². The molecule has 7 rings (SSSR count). The highest BCUT2D eigenvalue weighted by Crippen LogP contribution is 2.41. The first kappa shape index (κ1) is 48.4. The minimum absolute atomic E-state index is 0.0371. The second kappa shape index (κ2) is 19.7. The van der Waals surface area contributed by atoms with Gasteiger partial charge < -0.3 is 28.7 Å². The summed E-state index contributed by atoms with van der Waals surface area (Å²) in [6.45, 7) is 20.5. The quantitative estimate of drug-likeness (QED) is 0.142. The number of carbonyl (C=O) groups excluding carboxylic acids is 4. The first-order valence-corrected chi connectivity index (χ1v) is 23.5. The standard InChI is InChI=1S/C51H68N8O7/c1-12-58-42-18-17-33-23-37(42)38(45(58)36-15-13-21-52-44(36)32(4)5)25-50(6,7)30-66-49(63)40-16-14-22-59(55-40)48(62)41(24-34-28-65-47(33)53-34)54-46(61)39(31(2)3)29-64-35-26-57(27-35)43(60)19-20-51(8,9)56(10)11/h13,15,17-18,21,23,28,31-32,35,39-41,55H,12,14,16,22,24-27,29-30H2,1-11H3,(H,54,61)/t39-,40-,41-/m0/s1. The van der Waals surface area contributed by atoms with Gasteiger partial charge in [-0.25, -0.2) is 10.4 Å². The molecule has 3 aliphatic heterocycles. The zero-order valence-corrected chi connectivity index (χ0v) is 40.6. The number of rotatable bonds is 10. The molecule has 2 N–H and O–H groups in total. The molecule has 1 aromatic carbocycles. The van der Waals surface area contributed by atoms with Gasteiger partial charge in [0.1, 0.15) is 18.3 Å². The van der Waals surface area contributed by atoms with Crippen molar-refractivity contribution in [2.75, 3.05) is 46.9 Å². The molecule has 66 heavy (non-hydrogen) atoms. The third-order valence-corrected chi connectivity index (χ3v) is 13.3. The molecule has 0 saturated carbocycles. The molecule has 6 bridgehead atoms. The predicted molar refractivity (Wildman–Crippen MR) is 253 cm³/mol. The summed E-state index contributed by atoms with van der Waals surface area (Å²) in [5.41, 5.74) is 8.80. The summed E-state index contributed by atoms with van der Waals surface area (Å²) in [7, 11) is 3.83. The molecule has 6 heterocycles. The van der Waals surface area contributed by atoms with Gasteiger partial charge >= 0.3 is 5.97 Å². The number of fused-ring (bicyclic) bond motifs is 6. The maximum absolute atomic E-state index is 14.5. The molecule has 15 nitrogen and oxygen atoms in total. The average molecular weight is 905 g/mol. The number of pyridine rings is 1. The number of nitrogens with one attached hydrogen (secondary N) is 2. The van der Waals surface area contributed by atoms with Crippen molar-refractivity contribution in [3.05, 3.63) is 59.7 Å². The number of ether oxygens (including phenoxy) is 2. The number of amides is 3. The fraction of sp³-hybridized carbons (Fsp3) is 0.569. The SMILES string of the molecule is CCn1c(-c2cccnc2C(C)C)c2c3cc(ccc31)-c1nc(co1)C[C@H](NC(=O)[C@@H](COC1CN(C(=O)C#CC(C)(C)N(C)C)C1)C(C)C)C(=O)N1CCC[C@H](N1)C(=O)OCC(C)(C)C2. The lowest BCUT2D eigenvalue weighted by Crippen LogP contribution is -2.61. The van der Waals surface area contributed by atoms with E-state index in [1.807, 2.05) is 65.0 Å². The molecule has 354 valence electrons. The van der Waals surface area contributed by atoms with E-state index in [4.69, 9.17) is 23.9 Å². The van der Waals surface area contributed by atoms with Gasteiger partial charge in [-0.1, -0.05) is 47.5 Å². The topological polar surface area (TPSA) is 164 Å². The molecule has 3 atom stereocenters. The van der Waals surface area contributed by atoms with Crippen LogP contribution in [0.2, 0.25) is 0 Å². The van der Waals surface area contributed by atoms with E-state index in [-0.39, 0.29) is 49.4 Å². The zero-order chi connectivity index (χ0) is 47.7. The fourth-order valence-electron chi connectivity index (χ4n) is 8.79. The monoisotopic (exact) mass is 905 g/mol. The minimum atomic E-state index is -1.05. The first-order valence-electron chi connectivity index (χ1n) is 23.5. The van der Waals surface area contributed by atoms with Gasteiger partial charge in [0.25, 0.3) is 11.8 Å². The van der Waals surface area contributed by atoms with Crippen molar-refractivity contribution in [1.82, 2.24) is 40.1 Å². The maximum Gasteiger partial charge on any atom is 0.324 e. The summed E-state index contributed by atoms with van der Waals surface area (Å²) >= 11 is 0. The second-order valence-corrected chi connectivity index (χ2v) is 20.3. The lowest BCUT2D eigenvalue weighted by atomic mass is 9.84. The third-order valence-electron chi connectivity index (χ3n) is 13.3. The number of esters is 1.